The van der Waals surface area contributed by atoms with Crippen LogP contribution in [0, 0.1) is 23.5 Å². The quantitative estimate of drug-likeness (QED) is 0.666. The molecule has 0 saturated carbocycles. The van der Waals surface area contributed by atoms with Crippen molar-refractivity contribution in [1.82, 2.24) is 5.32 Å². The van der Waals surface area contributed by atoms with Crippen molar-refractivity contribution < 1.29 is 23.4 Å². The fourth-order valence-electron chi connectivity index (χ4n) is 1.53. The summed E-state index contributed by atoms with van der Waals surface area (Å²) in [4.78, 5) is 11.3. The van der Waals surface area contributed by atoms with Crippen LogP contribution in [0.2, 0.25) is 0 Å². The van der Waals surface area contributed by atoms with Crippen molar-refractivity contribution >= 4 is 6.09 Å². The lowest BCUT2D eigenvalue weighted by Crippen LogP contribution is -2.32. The maximum Gasteiger partial charge on any atom is 0.407 e. The predicted molar refractivity (Wildman–Crippen MR) is 78.0 cm³/mol. The highest BCUT2D eigenvalue weighted by molar-refractivity contribution is 5.67. The van der Waals surface area contributed by atoms with E-state index in [1.807, 2.05) is 0 Å². The lowest BCUT2D eigenvalue weighted by Gasteiger charge is -2.19. The Balaban J connectivity index is 2.50. The van der Waals surface area contributed by atoms with E-state index in [9.17, 15) is 13.6 Å². The molecule has 22 heavy (non-hydrogen) atoms. The molecular formula is C16H19F2NO3. The Morgan fingerprint density at radius 2 is 1.91 bits per heavy atom. The lowest BCUT2D eigenvalue weighted by molar-refractivity contribution is 0.0529. The lowest BCUT2D eigenvalue weighted by atomic mass is 10.1. The summed E-state index contributed by atoms with van der Waals surface area (Å²) in [6.07, 6.45) is -0.233. The van der Waals surface area contributed by atoms with Gasteiger partial charge in [0.15, 0.2) is 0 Å². The summed E-state index contributed by atoms with van der Waals surface area (Å²) in [5.74, 6) is 3.62. The number of hydrogen-bond acceptors (Lipinski definition) is 3. The van der Waals surface area contributed by atoms with Gasteiger partial charge in [-0.2, -0.15) is 0 Å². The number of alkyl carbamates (subject to hydrolysis) is 1. The molecule has 0 fully saturated rings. The fraction of sp³-hybridized carbons (Fsp3) is 0.438. The van der Waals surface area contributed by atoms with Crippen LogP contribution in [0.25, 0.3) is 0 Å². The van der Waals surface area contributed by atoms with Gasteiger partial charge in [-0.25, -0.2) is 13.6 Å². The number of aliphatic hydroxyl groups excluding tert-OH is 1. The van der Waals surface area contributed by atoms with E-state index in [-0.39, 0.29) is 17.7 Å². The molecule has 0 atom stereocenters. The second-order valence-corrected chi connectivity index (χ2v) is 5.56. The molecule has 0 unspecified atom stereocenters. The first-order valence-corrected chi connectivity index (χ1v) is 6.77. The van der Waals surface area contributed by atoms with Gasteiger partial charge in [0.1, 0.15) is 17.2 Å². The van der Waals surface area contributed by atoms with Gasteiger partial charge in [0.05, 0.1) is 6.61 Å². The Kier molecular flexibility index (Phi) is 6.32. The third-order valence-corrected chi connectivity index (χ3v) is 2.45. The van der Waals surface area contributed by atoms with Gasteiger partial charge in [-0.1, -0.05) is 11.8 Å². The summed E-state index contributed by atoms with van der Waals surface area (Å²) in [6, 6.07) is 2.12. The van der Waals surface area contributed by atoms with Gasteiger partial charge in [0, 0.05) is 24.1 Å². The number of hydrogen-bond donors (Lipinski definition) is 2. The Morgan fingerprint density at radius 1 is 1.32 bits per heavy atom. The van der Waals surface area contributed by atoms with Gasteiger partial charge in [-0.05, 0) is 32.9 Å². The molecule has 6 heteroatoms. The number of aliphatic hydroxyl groups is 1. The Morgan fingerprint density at radius 3 is 2.41 bits per heavy atom. The molecule has 0 aliphatic carbocycles. The number of halogens is 2. The molecule has 0 radical (unpaired) electrons. The molecule has 1 aromatic carbocycles. The zero-order chi connectivity index (χ0) is 16.8. The van der Waals surface area contributed by atoms with Crippen molar-refractivity contribution in [1.29, 1.82) is 0 Å². The van der Waals surface area contributed by atoms with Crippen LogP contribution in [-0.2, 0) is 11.3 Å². The van der Waals surface area contributed by atoms with E-state index in [2.05, 4.69) is 17.2 Å². The maximum atomic E-state index is 13.4. The fourth-order valence-corrected chi connectivity index (χ4v) is 1.53. The number of carbonyl (C=O) groups excluding carboxylic acids is 1. The largest absolute Gasteiger partial charge is 0.444 e. The topological polar surface area (TPSA) is 58.6 Å². The molecular weight excluding hydrogens is 292 g/mol. The number of benzene rings is 1. The Hall–Kier alpha value is -2.13. The van der Waals surface area contributed by atoms with Gasteiger partial charge >= 0.3 is 6.09 Å². The molecule has 4 nitrogen and oxygen atoms in total. The molecule has 0 heterocycles. The average molecular weight is 311 g/mol. The van der Waals surface area contributed by atoms with Crippen molar-refractivity contribution in [3.8, 4) is 11.8 Å². The van der Waals surface area contributed by atoms with Crippen molar-refractivity contribution in [2.75, 3.05) is 6.54 Å². The van der Waals surface area contributed by atoms with Crippen LogP contribution >= 0.6 is 0 Å². The summed E-state index contributed by atoms with van der Waals surface area (Å²) in [5.41, 5.74) is -0.777. The second kappa shape index (κ2) is 7.76. The monoisotopic (exact) mass is 311 g/mol. The first kappa shape index (κ1) is 17.9. The maximum absolute atomic E-state index is 13.4. The minimum Gasteiger partial charge on any atom is -0.444 e. The van der Waals surface area contributed by atoms with E-state index in [0.717, 1.165) is 12.1 Å². The van der Waals surface area contributed by atoms with Crippen LogP contribution in [0.1, 0.15) is 38.3 Å². The Labute approximate surface area is 128 Å². The molecule has 1 amide bonds. The molecule has 0 aromatic heterocycles. The number of nitrogens with one attached hydrogen (secondary N) is 1. The summed E-state index contributed by atoms with van der Waals surface area (Å²) in [5, 5.41) is 11.3. The van der Waals surface area contributed by atoms with Gasteiger partial charge in [0.2, 0.25) is 0 Å². The molecule has 120 valence electrons. The van der Waals surface area contributed by atoms with Gasteiger partial charge < -0.3 is 15.2 Å². The summed E-state index contributed by atoms with van der Waals surface area (Å²) in [7, 11) is 0. The second-order valence-electron chi connectivity index (χ2n) is 5.56. The third-order valence-electron chi connectivity index (χ3n) is 2.45. The standard InChI is InChI=1S/C16H19F2NO3/c1-16(2,3)22-15(21)19-7-5-4-6-11-8-13(17)12(10-20)14(18)9-11/h8-9,20H,5,7,10H2,1-3H3,(H,19,21). The van der Waals surface area contributed by atoms with Crippen LogP contribution in [-0.4, -0.2) is 23.3 Å². The van der Waals surface area contributed by atoms with E-state index in [4.69, 9.17) is 9.84 Å². The van der Waals surface area contributed by atoms with Crippen LogP contribution in [0.3, 0.4) is 0 Å². The highest BCUT2D eigenvalue weighted by atomic mass is 19.1. The van der Waals surface area contributed by atoms with Crippen molar-refractivity contribution in [2.24, 2.45) is 0 Å². The number of rotatable bonds is 3. The van der Waals surface area contributed by atoms with Crippen LogP contribution < -0.4 is 5.32 Å². The normalized spacial score (nSPS) is 10.6. The number of carbonyl (C=O) groups is 1. The van der Waals surface area contributed by atoms with Gasteiger partial charge in [-0.15, -0.1) is 0 Å². The molecule has 1 aromatic rings. The highest BCUT2D eigenvalue weighted by Crippen LogP contribution is 2.14. The number of ether oxygens (including phenoxy) is 1. The zero-order valence-electron chi connectivity index (χ0n) is 12.8. The van der Waals surface area contributed by atoms with Crippen LogP contribution in [0.4, 0.5) is 13.6 Å². The van der Waals surface area contributed by atoms with Gasteiger partial charge in [0.25, 0.3) is 0 Å². The minimum absolute atomic E-state index is 0.171. The van der Waals surface area contributed by atoms with E-state index >= 15 is 0 Å². The molecule has 0 saturated heterocycles. The van der Waals surface area contributed by atoms with Crippen LogP contribution in [0.15, 0.2) is 12.1 Å². The van der Waals surface area contributed by atoms with Crippen LogP contribution in [0.5, 0.6) is 0 Å². The van der Waals surface area contributed by atoms with E-state index in [1.54, 1.807) is 20.8 Å². The molecule has 0 spiro atoms. The first-order chi connectivity index (χ1) is 10.2. The van der Waals surface area contributed by atoms with Gasteiger partial charge in [-0.3, -0.25) is 0 Å². The van der Waals surface area contributed by atoms with E-state index in [0.29, 0.717) is 6.42 Å². The van der Waals surface area contributed by atoms with Crippen molar-refractivity contribution in [3.05, 3.63) is 34.9 Å². The average Bonchev–Trinajstić information content (AvgIpc) is 2.35. The summed E-state index contributed by atoms with van der Waals surface area (Å²) >= 11 is 0. The molecule has 0 aliphatic heterocycles. The SMILES string of the molecule is CC(C)(C)OC(=O)NCCC#Cc1cc(F)c(CO)c(F)c1. The molecule has 0 aliphatic rings. The molecule has 1 rings (SSSR count). The highest BCUT2D eigenvalue weighted by Gasteiger charge is 2.15. The summed E-state index contributed by atoms with van der Waals surface area (Å²) < 4.78 is 31.9. The predicted octanol–water partition coefficient (Wildman–Crippen LogP) is 2.72. The van der Waals surface area contributed by atoms with Crippen molar-refractivity contribution in [3.63, 3.8) is 0 Å². The van der Waals surface area contributed by atoms with E-state index < -0.39 is 29.9 Å². The first-order valence-electron chi connectivity index (χ1n) is 6.77. The third kappa shape index (κ3) is 6.10. The summed E-state index contributed by atoms with van der Waals surface area (Å²) in [6.45, 7) is 4.83. The molecule has 0 bridgehead atoms. The molecule has 2 N–H and O–H groups in total. The minimum atomic E-state index is -0.835. The van der Waals surface area contributed by atoms with E-state index in [1.165, 1.54) is 0 Å². The zero-order valence-corrected chi connectivity index (χ0v) is 12.8. The number of amides is 1. The van der Waals surface area contributed by atoms with Crippen molar-refractivity contribution in [2.45, 2.75) is 39.4 Å². The Bertz CT molecular complexity index is 575. The smallest absolute Gasteiger partial charge is 0.407 e.